The van der Waals surface area contributed by atoms with E-state index in [0.29, 0.717) is 17.0 Å². The third-order valence-corrected chi connectivity index (χ3v) is 4.97. The molecule has 1 aliphatic carbocycles. The minimum absolute atomic E-state index is 0.154. The van der Waals surface area contributed by atoms with Gasteiger partial charge in [0, 0.05) is 40.1 Å². The van der Waals surface area contributed by atoms with Crippen molar-refractivity contribution >= 4 is 34.3 Å². The molecule has 4 rings (SSSR count). The maximum Gasteiger partial charge on any atom is 0.251 e. The molecule has 0 bridgehead atoms. The van der Waals surface area contributed by atoms with Crippen molar-refractivity contribution in [2.45, 2.75) is 31.3 Å². The van der Waals surface area contributed by atoms with Gasteiger partial charge in [0.2, 0.25) is 5.91 Å². The van der Waals surface area contributed by atoms with E-state index in [0.717, 1.165) is 29.3 Å². The van der Waals surface area contributed by atoms with Gasteiger partial charge in [-0.25, -0.2) is 0 Å². The van der Waals surface area contributed by atoms with Gasteiger partial charge >= 0.3 is 0 Å². The summed E-state index contributed by atoms with van der Waals surface area (Å²) in [7, 11) is 0. The summed E-state index contributed by atoms with van der Waals surface area (Å²) in [5.41, 5.74) is 2.44. The smallest absolute Gasteiger partial charge is 0.251 e. The summed E-state index contributed by atoms with van der Waals surface area (Å²) < 4.78 is 0. The average Bonchev–Trinajstić information content (AvgIpc) is 3.39. The number of amides is 2. The Balaban J connectivity index is 1.56. The van der Waals surface area contributed by atoms with Crippen LogP contribution in [0.1, 0.15) is 28.8 Å². The van der Waals surface area contributed by atoms with E-state index in [9.17, 15) is 9.59 Å². The summed E-state index contributed by atoms with van der Waals surface area (Å²) in [5, 5.41) is 7.40. The Kier molecular flexibility index (Phi) is 4.86. The molecule has 0 spiro atoms. The highest BCUT2D eigenvalue weighted by Crippen LogP contribution is 2.21. The Morgan fingerprint density at radius 3 is 2.74 bits per heavy atom. The van der Waals surface area contributed by atoms with E-state index in [2.05, 4.69) is 15.6 Å². The van der Waals surface area contributed by atoms with Gasteiger partial charge in [-0.15, -0.1) is 0 Å². The molecule has 1 saturated carbocycles. The van der Waals surface area contributed by atoms with Crippen molar-refractivity contribution in [2.24, 2.45) is 0 Å². The van der Waals surface area contributed by atoms with Crippen molar-refractivity contribution in [3.05, 3.63) is 70.9 Å². The zero-order valence-corrected chi connectivity index (χ0v) is 15.4. The Bertz CT molecular complexity index is 994. The molecule has 1 fully saturated rings. The second-order valence-electron chi connectivity index (χ2n) is 6.88. The first-order valence-corrected chi connectivity index (χ1v) is 9.40. The third-order valence-electron chi connectivity index (χ3n) is 4.73. The van der Waals surface area contributed by atoms with Crippen LogP contribution < -0.4 is 10.6 Å². The van der Waals surface area contributed by atoms with Gasteiger partial charge < -0.3 is 15.6 Å². The normalized spacial score (nSPS) is 14.7. The molecule has 138 valence electrons. The van der Waals surface area contributed by atoms with E-state index in [1.54, 1.807) is 24.3 Å². The minimum atomic E-state index is -0.656. The van der Waals surface area contributed by atoms with Crippen LogP contribution in [0, 0.1) is 0 Å². The predicted octanol–water partition coefficient (Wildman–Crippen LogP) is 3.44. The van der Waals surface area contributed by atoms with Crippen molar-refractivity contribution in [1.82, 2.24) is 15.6 Å². The number of H-pyrrole nitrogens is 1. The molecule has 3 N–H and O–H groups in total. The SMILES string of the molecule is O=C(N[C@@H](Cc1c[nH]c2ccccc12)C(=O)NC1CC1)c1cccc(Cl)c1. The van der Waals surface area contributed by atoms with Gasteiger partial charge in [0.1, 0.15) is 6.04 Å². The second-order valence-corrected chi connectivity index (χ2v) is 7.32. The van der Waals surface area contributed by atoms with Crippen molar-refractivity contribution in [3.63, 3.8) is 0 Å². The molecular formula is C21H20ClN3O2. The summed E-state index contributed by atoms with van der Waals surface area (Å²) in [6.45, 7) is 0. The fourth-order valence-corrected chi connectivity index (χ4v) is 3.32. The fourth-order valence-electron chi connectivity index (χ4n) is 3.13. The van der Waals surface area contributed by atoms with Gasteiger partial charge in [-0.2, -0.15) is 0 Å². The van der Waals surface area contributed by atoms with Crippen LogP contribution in [0.4, 0.5) is 0 Å². The number of halogens is 1. The number of para-hydroxylation sites is 1. The molecule has 3 aromatic rings. The molecule has 0 unspecified atom stereocenters. The minimum Gasteiger partial charge on any atom is -0.361 e. The molecule has 0 radical (unpaired) electrons. The van der Waals surface area contributed by atoms with Gasteiger partial charge in [0.25, 0.3) is 5.91 Å². The van der Waals surface area contributed by atoms with E-state index in [1.165, 1.54) is 0 Å². The largest absolute Gasteiger partial charge is 0.361 e. The zero-order valence-electron chi connectivity index (χ0n) is 14.7. The molecule has 1 aliphatic rings. The molecule has 5 nitrogen and oxygen atoms in total. The van der Waals surface area contributed by atoms with E-state index < -0.39 is 6.04 Å². The molecule has 1 heterocycles. The summed E-state index contributed by atoms with van der Waals surface area (Å²) in [4.78, 5) is 28.6. The van der Waals surface area contributed by atoms with E-state index >= 15 is 0 Å². The van der Waals surface area contributed by atoms with Crippen LogP contribution in [0.5, 0.6) is 0 Å². The topological polar surface area (TPSA) is 74.0 Å². The number of fused-ring (bicyclic) bond motifs is 1. The maximum atomic E-state index is 12.7. The number of aromatic nitrogens is 1. The van der Waals surface area contributed by atoms with Crippen LogP contribution in [-0.4, -0.2) is 28.9 Å². The maximum absolute atomic E-state index is 12.7. The molecule has 0 saturated heterocycles. The van der Waals surface area contributed by atoms with Crippen LogP contribution in [0.2, 0.25) is 5.02 Å². The number of aromatic amines is 1. The molecule has 6 heteroatoms. The molecule has 0 aliphatic heterocycles. The van der Waals surface area contributed by atoms with Crippen LogP contribution in [0.15, 0.2) is 54.7 Å². The summed E-state index contributed by atoms with van der Waals surface area (Å²) in [6.07, 6.45) is 4.30. The summed E-state index contributed by atoms with van der Waals surface area (Å²) in [5.74, 6) is -0.466. The molecule has 2 amide bonds. The van der Waals surface area contributed by atoms with Gasteiger partial charge in [-0.3, -0.25) is 9.59 Å². The van der Waals surface area contributed by atoms with E-state index in [4.69, 9.17) is 11.6 Å². The van der Waals surface area contributed by atoms with Crippen LogP contribution in [0.3, 0.4) is 0 Å². The van der Waals surface area contributed by atoms with Gasteiger partial charge in [-0.05, 0) is 42.7 Å². The number of rotatable bonds is 6. The molecule has 27 heavy (non-hydrogen) atoms. The lowest BCUT2D eigenvalue weighted by atomic mass is 10.0. The van der Waals surface area contributed by atoms with Crippen LogP contribution >= 0.6 is 11.6 Å². The lowest BCUT2D eigenvalue weighted by Gasteiger charge is -2.18. The van der Waals surface area contributed by atoms with Gasteiger partial charge in [0.15, 0.2) is 0 Å². The highest BCUT2D eigenvalue weighted by Gasteiger charge is 2.29. The lowest BCUT2D eigenvalue weighted by Crippen LogP contribution is -2.48. The number of carbonyl (C=O) groups excluding carboxylic acids is 2. The second kappa shape index (κ2) is 7.45. The van der Waals surface area contributed by atoms with E-state index in [-0.39, 0.29) is 17.9 Å². The number of nitrogens with one attached hydrogen (secondary N) is 3. The molecule has 2 aromatic carbocycles. The Labute approximate surface area is 162 Å². The van der Waals surface area contributed by atoms with Crippen LogP contribution in [-0.2, 0) is 11.2 Å². The van der Waals surface area contributed by atoms with Crippen molar-refractivity contribution in [2.75, 3.05) is 0 Å². The molecule has 1 atom stereocenters. The summed E-state index contributed by atoms with van der Waals surface area (Å²) >= 11 is 5.98. The molecule has 1 aromatic heterocycles. The third kappa shape index (κ3) is 4.14. The monoisotopic (exact) mass is 381 g/mol. The molecular weight excluding hydrogens is 362 g/mol. The number of hydrogen-bond acceptors (Lipinski definition) is 2. The number of carbonyl (C=O) groups is 2. The lowest BCUT2D eigenvalue weighted by molar-refractivity contribution is -0.123. The zero-order chi connectivity index (χ0) is 18.8. The quantitative estimate of drug-likeness (QED) is 0.612. The van der Waals surface area contributed by atoms with Gasteiger partial charge in [0.05, 0.1) is 0 Å². The highest BCUT2D eigenvalue weighted by atomic mass is 35.5. The average molecular weight is 382 g/mol. The Hall–Kier alpha value is -2.79. The first kappa shape index (κ1) is 17.6. The van der Waals surface area contributed by atoms with Crippen molar-refractivity contribution in [3.8, 4) is 0 Å². The Morgan fingerprint density at radius 2 is 1.96 bits per heavy atom. The number of hydrogen-bond donors (Lipinski definition) is 3. The van der Waals surface area contributed by atoms with E-state index in [1.807, 2.05) is 30.5 Å². The first-order chi connectivity index (χ1) is 13.1. The fraction of sp³-hybridized carbons (Fsp3) is 0.238. The highest BCUT2D eigenvalue weighted by molar-refractivity contribution is 6.31. The first-order valence-electron chi connectivity index (χ1n) is 9.02. The summed E-state index contributed by atoms with van der Waals surface area (Å²) in [6, 6.07) is 14.2. The predicted molar refractivity (Wildman–Crippen MR) is 106 cm³/mol. The van der Waals surface area contributed by atoms with Crippen molar-refractivity contribution < 1.29 is 9.59 Å². The standard InChI is InChI=1S/C21H20ClN3O2/c22-15-5-3-4-13(10-15)20(26)25-19(21(27)24-16-8-9-16)11-14-12-23-18-7-2-1-6-17(14)18/h1-7,10,12,16,19,23H,8-9,11H2,(H,24,27)(H,25,26)/t19-/m0/s1. The van der Waals surface area contributed by atoms with Crippen molar-refractivity contribution in [1.29, 1.82) is 0 Å². The number of benzene rings is 2. The van der Waals surface area contributed by atoms with Gasteiger partial charge in [-0.1, -0.05) is 35.9 Å². The van der Waals surface area contributed by atoms with Crippen LogP contribution in [0.25, 0.3) is 10.9 Å². The Morgan fingerprint density at radius 1 is 1.15 bits per heavy atom.